The molecule has 20 N–H and O–H groups in total. The van der Waals surface area contributed by atoms with E-state index in [0.717, 1.165) is 10.9 Å². The van der Waals surface area contributed by atoms with E-state index in [-0.39, 0.29) is 174 Å². The molecule has 108 heavy (non-hydrogen) atoms. The molecule has 3 aliphatic rings. The molecule has 0 saturated carbocycles. The van der Waals surface area contributed by atoms with E-state index in [9.17, 15) is 72.9 Å². The number of carbonyl (C=O) groups is 13. The molecule has 2 aromatic heterocycles. The molecule has 5 heterocycles. The summed E-state index contributed by atoms with van der Waals surface area (Å²) in [4.78, 5) is 202. The van der Waals surface area contributed by atoms with E-state index in [1.807, 2.05) is 34.9 Å². The SMILES string of the molecule is CCCC[C@H](NC(=O)CN1CCC(NC(=O)CN2CCN(CC(=O)O)CCN(CC(=O)O)CCN(CC(=O)O)CC2)CC1)C(=O)N[C@H]1CC(=O)NCCCC[C@@H](C(N)=O)NC(=O)[C@H](Cc2c[nH]c3ccccc23)NC(=O)[C@H](CCCN=C(N)N)NC(=O)C(Cc2ccccc2)NC(=O)[C@H](Cc2cnc[nH]2)NC1=O. The number of unbranched alkanes of at least 4 members (excludes halogenated alkanes) is 1. The monoisotopic (exact) mass is 1510 g/mol. The molecule has 3 aliphatic heterocycles. The van der Waals surface area contributed by atoms with Crippen LogP contribution in [0.1, 0.15) is 94.4 Å². The maximum Gasteiger partial charge on any atom is 0.317 e. The first-order valence-corrected chi connectivity index (χ1v) is 36.6. The number of aromatic nitrogens is 3. The Balaban J connectivity index is 1.07. The number of nitrogens with one attached hydrogen (secondary N) is 11. The number of nitrogens with two attached hydrogens (primary N) is 3. The molecule has 3 saturated heterocycles. The van der Waals surface area contributed by atoms with Crippen LogP contribution < -0.4 is 65.1 Å². The zero-order valence-electron chi connectivity index (χ0n) is 61.0. The second kappa shape index (κ2) is 43.9. The van der Waals surface area contributed by atoms with Crippen molar-refractivity contribution < 1.29 is 77.6 Å². The maximum atomic E-state index is 15.0. The van der Waals surface area contributed by atoms with Gasteiger partial charge < -0.3 is 90.3 Å². The van der Waals surface area contributed by atoms with Gasteiger partial charge in [0.15, 0.2) is 5.96 Å². The first kappa shape index (κ1) is 84.6. The predicted octanol–water partition coefficient (Wildman–Crippen LogP) is -4.21. The topological polar surface area (TPSA) is 542 Å². The third-order valence-electron chi connectivity index (χ3n) is 19.0. The molecule has 4 aromatic rings. The van der Waals surface area contributed by atoms with Crippen LogP contribution in [0.25, 0.3) is 10.9 Å². The third-order valence-corrected chi connectivity index (χ3v) is 19.0. The number of rotatable bonds is 28. The molecule has 1 unspecified atom stereocenters. The van der Waals surface area contributed by atoms with Crippen molar-refractivity contribution in [1.82, 2.24) is 87.3 Å². The number of carboxylic acids is 3. The molecule has 2 aromatic carbocycles. The number of hydrogen-bond donors (Lipinski definition) is 17. The van der Waals surface area contributed by atoms with Crippen LogP contribution in [0.4, 0.5) is 0 Å². The van der Waals surface area contributed by atoms with Crippen LogP contribution >= 0.6 is 0 Å². The normalized spacial score (nSPS) is 21.7. The lowest BCUT2D eigenvalue weighted by molar-refractivity contribution is -0.140. The molecule has 7 rings (SSSR count). The Morgan fingerprint density at radius 3 is 1.70 bits per heavy atom. The Morgan fingerprint density at radius 2 is 1.12 bits per heavy atom. The lowest BCUT2D eigenvalue weighted by Crippen LogP contribution is -2.61. The largest absolute Gasteiger partial charge is 0.480 e. The Bertz CT molecular complexity index is 3670. The van der Waals surface area contributed by atoms with Crippen LogP contribution in [0.2, 0.25) is 0 Å². The van der Waals surface area contributed by atoms with Gasteiger partial charge in [0.1, 0.15) is 42.3 Å². The Morgan fingerprint density at radius 1 is 0.583 bits per heavy atom. The number of guanidine groups is 1. The number of nitrogens with zero attached hydrogens (tertiary/aromatic N) is 7. The number of fused-ring (bicyclic) bond motifs is 1. The molecule has 0 radical (unpaired) electrons. The Kier molecular flexibility index (Phi) is 34.4. The highest BCUT2D eigenvalue weighted by molar-refractivity contribution is 5.99. The van der Waals surface area contributed by atoms with Crippen LogP contribution in [0.5, 0.6) is 0 Å². The van der Waals surface area contributed by atoms with Crippen molar-refractivity contribution >= 4 is 93.8 Å². The smallest absolute Gasteiger partial charge is 0.317 e. The van der Waals surface area contributed by atoms with Crippen molar-refractivity contribution in [3.05, 3.63) is 90.1 Å². The number of benzene rings is 2. The molecule has 0 spiro atoms. The van der Waals surface area contributed by atoms with Gasteiger partial charge in [0.2, 0.25) is 59.1 Å². The van der Waals surface area contributed by atoms with Crippen LogP contribution in [-0.2, 0) is 81.6 Å². The van der Waals surface area contributed by atoms with Crippen LogP contribution in [0, 0.1) is 0 Å². The fraction of sp³-hybridized carbons (Fsp3) is 0.563. The fourth-order valence-electron chi connectivity index (χ4n) is 13.1. The Hall–Kier alpha value is -10.6. The van der Waals surface area contributed by atoms with Gasteiger partial charge in [-0.3, -0.25) is 91.8 Å². The van der Waals surface area contributed by atoms with Crippen molar-refractivity contribution in [2.24, 2.45) is 22.2 Å². The van der Waals surface area contributed by atoms with E-state index in [4.69, 9.17) is 17.2 Å². The summed E-state index contributed by atoms with van der Waals surface area (Å²) in [6.07, 6.45) is 5.68. The number of imidazole rings is 1. The number of primary amides is 1. The number of aliphatic carboxylic acids is 3. The molecular formula is C71H105N21O16. The van der Waals surface area contributed by atoms with Crippen molar-refractivity contribution in [3.8, 4) is 0 Å². The Labute approximate surface area is 625 Å². The number of carbonyl (C=O) groups excluding carboxylic acids is 10. The number of hydrogen-bond acceptors (Lipinski definition) is 20. The summed E-state index contributed by atoms with van der Waals surface area (Å²) in [5.41, 5.74) is 19.5. The number of amides is 10. The lowest BCUT2D eigenvalue weighted by atomic mass is 10.0. The summed E-state index contributed by atoms with van der Waals surface area (Å²) >= 11 is 0. The van der Waals surface area contributed by atoms with E-state index in [0.29, 0.717) is 55.6 Å². The van der Waals surface area contributed by atoms with Crippen LogP contribution in [-0.4, -0.2) is 297 Å². The van der Waals surface area contributed by atoms with E-state index in [2.05, 4.69) is 67.8 Å². The lowest BCUT2D eigenvalue weighted by Gasteiger charge is -2.34. The van der Waals surface area contributed by atoms with Crippen molar-refractivity contribution in [3.63, 3.8) is 0 Å². The molecule has 7 atom stereocenters. The van der Waals surface area contributed by atoms with Gasteiger partial charge in [-0.2, -0.15) is 0 Å². The number of H-pyrrole nitrogens is 2. The number of aromatic amines is 2. The molecule has 10 amide bonds. The second-order valence-corrected chi connectivity index (χ2v) is 27.5. The maximum absolute atomic E-state index is 15.0. The van der Waals surface area contributed by atoms with Crippen LogP contribution in [0.15, 0.2) is 78.3 Å². The molecule has 3 fully saturated rings. The zero-order valence-corrected chi connectivity index (χ0v) is 61.0. The van der Waals surface area contributed by atoms with Crippen molar-refractivity contribution in [2.45, 2.75) is 145 Å². The summed E-state index contributed by atoms with van der Waals surface area (Å²) in [6, 6.07) is 5.58. The second-order valence-electron chi connectivity index (χ2n) is 27.5. The van der Waals surface area contributed by atoms with Crippen molar-refractivity contribution in [2.75, 3.05) is 111 Å². The van der Waals surface area contributed by atoms with Gasteiger partial charge in [-0.25, -0.2) is 4.98 Å². The highest BCUT2D eigenvalue weighted by atomic mass is 16.4. The third kappa shape index (κ3) is 29.6. The standard InChI is InChI=1S/C71H105N21O16/c1-2-3-15-52(81-60(95)40-88-23-19-47(20-24-88)80-59(94)39-89-25-27-90(41-61(96)97)29-31-92(43-63(100)101)32-30-91(28-26-89)42-62(98)99)65(103)87-57-36-58(93)76-21-10-9-17-51(64(72)102)82-68(106)55(34-46-37-78-50-16-8-7-14-49(46)50)85-66(104)53(18-11-22-77-71(73)74)83-67(105)54(33-45-12-5-4-6-13-45)84-69(107)56(86-70(57)108)35-48-38-75-44-79-48/h4-8,12-14,16,37-38,44,47,51-57,78H,2-3,9-11,15,17-36,39-43H2,1H3,(H2,72,102)(H,75,79)(H,76,93)(H,80,94)(H,81,95)(H,82,106)(H,83,105)(H,84,107)(H,85,104)(H,86,108)(H,87,103)(H,96,97)(H,98,99)(H,100,101)(H4,73,74,77)/t51-,52-,53-,54?,55-,56-,57-/m0/s1. The minimum Gasteiger partial charge on any atom is -0.480 e. The molecule has 37 nitrogen and oxygen atoms in total. The predicted molar refractivity (Wildman–Crippen MR) is 394 cm³/mol. The summed E-state index contributed by atoms with van der Waals surface area (Å²) in [5, 5.41) is 54.6. The van der Waals surface area contributed by atoms with Gasteiger partial charge in [-0.05, 0) is 68.6 Å². The highest BCUT2D eigenvalue weighted by Gasteiger charge is 2.37. The van der Waals surface area contributed by atoms with Gasteiger partial charge in [0.25, 0.3) is 0 Å². The number of piperidine rings is 1. The minimum atomic E-state index is -1.71. The molecule has 37 heteroatoms. The number of aliphatic imine (C=N–C) groups is 1. The van der Waals surface area contributed by atoms with Gasteiger partial charge in [0, 0.05) is 133 Å². The zero-order chi connectivity index (χ0) is 78.1. The van der Waals surface area contributed by atoms with E-state index >= 15 is 4.79 Å². The average molecular weight is 1510 g/mol. The van der Waals surface area contributed by atoms with Gasteiger partial charge >= 0.3 is 17.9 Å². The quantitative estimate of drug-likeness (QED) is 0.0146. The highest BCUT2D eigenvalue weighted by Crippen LogP contribution is 2.21. The minimum absolute atomic E-state index is 0.0139. The first-order chi connectivity index (χ1) is 51.8. The summed E-state index contributed by atoms with van der Waals surface area (Å²) in [6.45, 7) is 3.22. The van der Waals surface area contributed by atoms with Crippen molar-refractivity contribution in [1.29, 1.82) is 0 Å². The molecule has 590 valence electrons. The van der Waals surface area contributed by atoms with E-state index in [1.165, 1.54) is 12.5 Å². The number of carboxylic acid groups (broad SMARTS) is 3. The van der Waals surface area contributed by atoms with E-state index in [1.54, 1.807) is 57.3 Å². The van der Waals surface area contributed by atoms with E-state index < -0.39 is 120 Å². The summed E-state index contributed by atoms with van der Waals surface area (Å²) in [5.74, 6) is -11.2. The van der Waals surface area contributed by atoms with Gasteiger partial charge in [-0.1, -0.05) is 68.3 Å². The number of likely N-dealkylation sites (tertiary alicyclic amines) is 1. The summed E-state index contributed by atoms with van der Waals surface area (Å²) < 4.78 is 0. The molecule has 0 aliphatic carbocycles. The molecular weight excluding hydrogens is 1400 g/mol. The molecule has 0 bridgehead atoms. The average Bonchev–Trinajstić information content (AvgIpc) is 1.66. The van der Waals surface area contributed by atoms with Gasteiger partial charge in [-0.15, -0.1) is 0 Å². The fourth-order valence-corrected chi connectivity index (χ4v) is 13.1. The number of para-hydroxylation sites is 1. The summed E-state index contributed by atoms with van der Waals surface area (Å²) in [7, 11) is 0. The van der Waals surface area contributed by atoms with Gasteiger partial charge in [0.05, 0.1) is 45.5 Å². The van der Waals surface area contributed by atoms with Crippen LogP contribution in [0.3, 0.4) is 0 Å². The first-order valence-electron chi connectivity index (χ1n) is 36.6.